The molecule has 25 heavy (non-hydrogen) atoms. The number of benzene rings is 2. The van der Waals surface area contributed by atoms with Crippen LogP contribution in [-0.2, 0) is 16.0 Å². The zero-order valence-electron chi connectivity index (χ0n) is 13.3. The molecular weight excluding hydrogens is 322 g/mol. The maximum atomic E-state index is 11.7. The third kappa shape index (κ3) is 6.26. The summed E-state index contributed by atoms with van der Waals surface area (Å²) in [6.45, 7) is -0.180. The first-order valence-electron chi connectivity index (χ1n) is 7.50. The first kappa shape index (κ1) is 17.9. The van der Waals surface area contributed by atoms with Crippen molar-refractivity contribution in [2.45, 2.75) is 6.42 Å². The van der Waals surface area contributed by atoms with Gasteiger partial charge in [-0.25, -0.2) is 10.2 Å². The van der Waals surface area contributed by atoms with Crippen LogP contribution in [-0.4, -0.2) is 35.6 Å². The Bertz CT molecular complexity index is 771. The molecule has 0 aliphatic heterocycles. The number of carbonyl (C=O) groups is 3. The predicted molar refractivity (Wildman–Crippen MR) is 92.3 cm³/mol. The summed E-state index contributed by atoms with van der Waals surface area (Å²) < 4.78 is 0. The summed E-state index contributed by atoms with van der Waals surface area (Å²) in [5.41, 5.74) is 3.96. The Hall–Kier alpha value is -3.48. The summed E-state index contributed by atoms with van der Waals surface area (Å²) in [4.78, 5) is 34.1. The van der Waals surface area contributed by atoms with Crippen LogP contribution in [0.15, 0.2) is 59.7 Å². The highest BCUT2D eigenvalue weighted by atomic mass is 16.4. The molecule has 0 aliphatic rings. The van der Waals surface area contributed by atoms with Gasteiger partial charge in [-0.1, -0.05) is 42.5 Å². The molecule has 0 heterocycles. The molecule has 0 saturated carbocycles. The van der Waals surface area contributed by atoms with Gasteiger partial charge in [-0.05, 0) is 23.3 Å². The number of amides is 2. The monoisotopic (exact) mass is 339 g/mol. The molecule has 2 aromatic carbocycles. The van der Waals surface area contributed by atoms with E-state index in [1.807, 2.05) is 30.3 Å². The first-order valence-corrected chi connectivity index (χ1v) is 7.50. The Labute approximate surface area is 144 Å². The van der Waals surface area contributed by atoms with E-state index in [0.717, 1.165) is 5.56 Å². The van der Waals surface area contributed by atoms with Gasteiger partial charge in [0, 0.05) is 0 Å². The second-order valence-corrected chi connectivity index (χ2v) is 5.16. The van der Waals surface area contributed by atoms with E-state index in [-0.39, 0.29) is 24.4 Å². The fourth-order valence-electron chi connectivity index (χ4n) is 1.95. The van der Waals surface area contributed by atoms with Crippen molar-refractivity contribution in [3.63, 3.8) is 0 Å². The molecule has 0 spiro atoms. The lowest BCUT2D eigenvalue weighted by atomic mass is 10.1. The molecular formula is C18H17N3O4. The van der Waals surface area contributed by atoms with E-state index in [1.54, 1.807) is 12.1 Å². The minimum atomic E-state index is -1.01. The standard InChI is InChI=1S/C18H17N3O4/c22-16(10-13-4-2-1-3-5-13)19-12-17(23)21-20-11-14-6-8-15(9-7-14)18(24)25/h1-9,11H,10,12H2,(H,19,22)(H,21,23)(H,24,25)/b20-11-. The van der Waals surface area contributed by atoms with E-state index < -0.39 is 11.9 Å². The average Bonchev–Trinajstić information content (AvgIpc) is 2.61. The van der Waals surface area contributed by atoms with Crippen LogP contribution in [0.3, 0.4) is 0 Å². The number of hydrazone groups is 1. The van der Waals surface area contributed by atoms with Crippen molar-refractivity contribution >= 4 is 24.0 Å². The molecule has 0 radical (unpaired) electrons. The van der Waals surface area contributed by atoms with Gasteiger partial charge in [0.25, 0.3) is 5.91 Å². The summed E-state index contributed by atoms with van der Waals surface area (Å²) >= 11 is 0. The predicted octanol–water partition coefficient (Wildman–Crippen LogP) is 1.19. The van der Waals surface area contributed by atoms with Crippen molar-refractivity contribution in [3.8, 4) is 0 Å². The van der Waals surface area contributed by atoms with E-state index in [1.165, 1.54) is 18.3 Å². The molecule has 2 rings (SSSR count). The summed E-state index contributed by atoms with van der Waals surface area (Å²) in [6.07, 6.45) is 1.59. The lowest BCUT2D eigenvalue weighted by Crippen LogP contribution is -2.35. The minimum absolute atomic E-state index is 0.169. The molecule has 2 aromatic rings. The Kier molecular flexibility index (Phi) is 6.41. The normalized spacial score (nSPS) is 10.4. The number of hydrogen-bond acceptors (Lipinski definition) is 4. The number of aromatic carboxylic acids is 1. The molecule has 0 atom stereocenters. The van der Waals surface area contributed by atoms with Crippen LogP contribution in [0, 0.1) is 0 Å². The second-order valence-electron chi connectivity index (χ2n) is 5.16. The van der Waals surface area contributed by atoms with Gasteiger partial charge in [0.2, 0.25) is 5.91 Å². The average molecular weight is 339 g/mol. The van der Waals surface area contributed by atoms with E-state index in [4.69, 9.17) is 5.11 Å². The van der Waals surface area contributed by atoms with Crippen molar-refractivity contribution in [1.82, 2.24) is 10.7 Å². The van der Waals surface area contributed by atoms with Gasteiger partial charge >= 0.3 is 5.97 Å². The van der Waals surface area contributed by atoms with Gasteiger partial charge in [0.15, 0.2) is 0 Å². The van der Waals surface area contributed by atoms with Gasteiger partial charge < -0.3 is 10.4 Å². The molecule has 0 bridgehead atoms. The van der Waals surface area contributed by atoms with Crippen molar-refractivity contribution in [2.75, 3.05) is 6.54 Å². The van der Waals surface area contributed by atoms with Crippen LogP contribution >= 0.6 is 0 Å². The summed E-state index contributed by atoms with van der Waals surface area (Å²) in [7, 11) is 0. The number of rotatable bonds is 7. The van der Waals surface area contributed by atoms with Crippen molar-refractivity contribution in [3.05, 3.63) is 71.3 Å². The highest BCUT2D eigenvalue weighted by Crippen LogP contribution is 2.02. The molecule has 7 nitrogen and oxygen atoms in total. The van der Waals surface area contributed by atoms with Gasteiger partial charge in [-0.15, -0.1) is 0 Å². The molecule has 0 aromatic heterocycles. The maximum Gasteiger partial charge on any atom is 0.335 e. The highest BCUT2D eigenvalue weighted by molar-refractivity contribution is 5.90. The van der Waals surface area contributed by atoms with E-state index in [0.29, 0.717) is 5.56 Å². The van der Waals surface area contributed by atoms with E-state index >= 15 is 0 Å². The minimum Gasteiger partial charge on any atom is -0.478 e. The topological polar surface area (TPSA) is 108 Å². The van der Waals surface area contributed by atoms with Crippen LogP contribution in [0.5, 0.6) is 0 Å². The zero-order valence-corrected chi connectivity index (χ0v) is 13.3. The highest BCUT2D eigenvalue weighted by Gasteiger charge is 2.05. The Morgan fingerprint density at radius 1 is 0.960 bits per heavy atom. The smallest absolute Gasteiger partial charge is 0.335 e. The van der Waals surface area contributed by atoms with Gasteiger partial charge in [0.05, 0.1) is 24.7 Å². The first-order chi connectivity index (χ1) is 12.0. The van der Waals surface area contributed by atoms with Gasteiger partial charge in [-0.3, -0.25) is 9.59 Å². The Balaban J connectivity index is 1.73. The third-order valence-corrected chi connectivity index (χ3v) is 3.21. The second kappa shape index (κ2) is 8.97. The quantitative estimate of drug-likeness (QED) is 0.520. The van der Waals surface area contributed by atoms with Crippen molar-refractivity contribution in [2.24, 2.45) is 5.10 Å². The fourth-order valence-corrected chi connectivity index (χ4v) is 1.95. The lowest BCUT2D eigenvalue weighted by Gasteiger charge is -2.04. The van der Waals surface area contributed by atoms with Crippen molar-refractivity contribution < 1.29 is 19.5 Å². The molecule has 0 fully saturated rings. The molecule has 0 aliphatic carbocycles. The summed E-state index contributed by atoms with van der Waals surface area (Å²) in [5, 5.41) is 15.1. The van der Waals surface area contributed by atoms with Crippen LogP contribution in [0.2, 0.25) is 0 Å². The summed E-state index contributed by atoms with van der Waals surface area (Å²) in [6, 6.07) is 15.2. The number of carboxylic acids is 1. The molecule has 3 N–H and O–H groups in total. The van der Waals surface area contributed by atoms with Crippen LogP contribution in [0.25, 0.3) is 0 Å². The maximum absolute atomic E-state index is 11.7. The van der Waals surface area contributed by atoms with Gasteiger partial charge in [-0.2, -0.15) is 5.10 Å². The number of hydrogen-bond donors (Lipinski definition) is 3. The fraction of sp³-hybridized carbons (Fsp3) is 0.111. The van der Waals surface area contributed by atoms with Gasteiger partial charge in [0.1, 0.15) is 0 Å². The Morgan fingerprint density at radius 3 is 2.28 bits per heavy atom. The molecule has 0 saturated heterocycles. The van der Waals surface area contributed by atoms with Crippen LogP contribution in [0.1, 0.15) is 21.5 Å². The molecule has 0 unspecified atom stereocenters. The summed E-state index contributed by atoms with van der Waals surface area (Å²) in [5.74, 6) is -1.72. The number of nitrogens with zero attached hydrogens (tertiary/aromatic N) is 1. The number of nitrogens with one attached hydrogen (secondary N) is 2. The number of carboxylic acid groups (broad SMARTS) is 1. The molecule has 128 valence electrons. The lowest BCUT2D eigenvalue weighted by molar-refractivity contribution is -0.125. The number of carbonyl (C=O) groups excluding carboxylic acids is 2. The SMILES string of the molecule is O=C(Cc1ccccc1)NCC(=O)N/N=C\c1ccc(C(=O)O)cc1. The van der Waals surface area contributed by atoms with E-state index in [2.05, 4.69) is 15.8 Å². The zero-order chi connectivity index (χ0) is 18.1. The third-order valence-electron chi connectivity index (χ3n) is 3.21. The Morgan fingerprint density at radius 2 is 1.64 bits per heavy atom. The van der Waals surface area contributed by atoms with Crippen LogP contribution < -0.4 is 10.7 Å². The van der Waals surface area contributed by atoms with Crippen LogP contribution in [0.4, 0.5) is 0 Å². The van der Waals surface area contributed by atoms with E-state index in [9.17, 15) is 14.4 Å². The molecule has 2 amide bonds. The largest absolute Gasteiger partial charge is 0.478 e. The van der Waals surface area contributed by atoms with Crippen molar-refractivity contribution in [1.29, 1.82) is 0 Å². The molecule has 7 heteroatoms.